The zero-order chi connectivity index (χ0) is 20.5. The first-order valence-electron chi connectivity index (χ1n) is 8.93. The van der Waals surface area contributed by atoms with E-state index >= 15 is 0 Å². The SMILES string of the molecule is Cc1ccc(N2C(=O)C(Nc3ccccc3)=C(c3ccc(F)cc3)C2=O)cc1Cl. The Kier molecular flexibility index (Phi) is 4.91. The molecule has 0 saturated heterocycles. The van der Waals surface area contributed by atoms with Crippen molar-refractivity contribution in [1.29, 1.82) is 0 Å². The van der Waals surface area contributed by atoms with Crippen molar-refractivity contribution in [2.24, 2.45) is 0 Å². The van der Waals surface area contributed by atoms with Gasteiger partial charge in [-0.1, -0.05) is 48.0 Å². The van der Waals surface area contributed by atoms with E-state index in [0.29, 0.717) is 22.0 Å². The Morgan fingerprint density at radius 3 is 2.24 bits per heavy atom. The summed E-state index contributed by atoms with van der Waals surface area (Å²) in [7, 11) is 0. The van der Waals surface area contributed by atoms with Gasteiger partial charge in [0, 0.05) is 10.7 Å². The molecule has 1 aliphatic heterocycles. The molecule has 3 aromatic carbocycles. The number of para-hydroxylation sites is 1. The number of carbonyl (C=O) groups is 2. The number of anilines is 2. The molecule has 0 radical (unpaired) electrons. The molecule has 1 aliphatic rings. The Balaban J connectivity index is 1.83. The summed E-state index contributed by atoms with van der Waals surface area (Å²) in [5, 5.41) is 3.51. The summed E-state index contributed by atoms with van der Waals surface area (Å²) in [6.45, 7) is 1.84. The standard InChI is InChI=1S/C23H16ClFN2O2/c1-14-7-12-18(13-19(14)24)27-22(28)20(15-8-10-16(25)11-9-15)21(23(27)29)26-17-5-3-2-4-6-17/h2-13,26H,1H3. The number of rotatable bonds is 4. The van der Waals surface area contributed by atoms with Crippen molar-refractivity contribution in [2.75, 3.05) is 10.2 Å². The number of imide groups is 1. The predicted molar refractivity (Wildman–Crippen MR) is 112 cm³/mol. The normalized spacial score (nSPS) is 14.0. The van der Waals surface area contributed by atoms with Gasteiger partial charge in [0.25, 0.3) is 11.8 Å². The van der Waals surface area contributed by atoms with E-state index in [1.807, 2.05) is 25.1 Å². The van der Waals surface area contributed by atoms with E-state index in [1.165, 1.54) is 24.3 Å². The molecule has 3 aromatic rings. The van der Waals surface area contributed by atoms with Gasteiger partial charge in [-0.2, -0.15) is 0 Å². The smallest absolute Gasteiger partial charge is 0.282 e. The van der Waals surface area contributed by atoms with E-state index in [1.54, 1.807) is 30.3 Å². The van der Waals surface area contributed by atoms with Gasteiger partial charge >= 0.3 is 0 Å². The van der Waals surface area contributed by atoms with E-state index in [0.717, 1.165) is 10.5 Å². The van der Waals surface area contributed by atoms with Crippen molar-refractivity contribution < 1.29 is 14.0 Å². The van der Waals surface area contributed by atoms with Crippen LogP contribution in [0.25, 0.3) is 5.57 Å². The number of amides is 2. The summed E-state index contributed by atoms with van der Waals surface area (Å²) in [5.74, 6) is -1.43. The predicted octanol–water partition coefficient (Wildman–Crippen LogP) is 5.18. The average Bonchev–Trinajstić information content (AvgIpc) is 2.95. The number of nitrogens with one attached hydrogen (secondary N) is 1. The van der Waals surface area contributed by atoms with Crippen molar-refractivity contribution in [1.82, 2.24) is 0 Å². The van der Waals surface area contributed by atoms with Crippen LogP contribution in [0.3, 0.4) is 0 Å². The van der Waals surface area contributed by atoms with Crippen LogP contribution in [-0.2, 0) is 9.59 Å². The number of hydrogen-bond acceptors (Lipinski definition) is 3. The number of benzene rings is 3. The first-order chi connectivity index (χ1) is 14.0. The summed E-state index contributed by atoms with van der Waals surface area (Å²) >= 11 is 6.20. The Morgan fingerprint density at radius 1 is 0.897 bits per heavy atom. The summed E-state index contributed by atoms with van der Waals surface area (Å²) in [6.07, 6.45) is 0. The maximum atomic E-state index is 13.4. The van der Waals surface area contributed by atoms with Gasteiger partial charge in [-0.25, -0.2) is 9.29 Å². The molecule has 0 fully saturated rings. The van der Waals surface area contributed by atoms with E-state index in [4.69, 9.17) is 11.6 Å². The second-order valence-corrected chi connectivity index (χ2v) is 7.03. The number of hydrogen-bond donors (Lipinski definition) is 1. The van der Waals surface area contributed by atoms with Crippen molar-refractivity contribution in [2.45, 2.75) is 6.92 Å². The molecule has 6 heteroatoms. The maximum Gasteiger partial charge on any atom is 0.282 e. The lowest BCUT2D eigenvalue weighted by molar-refractivity contribution is -0.120. The number of carbonyl (C=O) groups excluding carboxylic acids is 2. The number of nitrogens with zero attached hydrogens (tertiary/aromatic N) is 1. The summed E-state index contributed by atoms with van der Waals surface area (Å²) in [4.78, 5) is 27.6. The quantitative estimate of drug-likeness (QED) is 0.607. The molecule has 29 heavy (non-hydrogen) atoms. The third kappa shape index (κ3) is 3.52. The molecule has 2 amide bonds. The van der Waals surface area contributed by atoms with Gasteiger partial charge in [-0.15, -0.1) is 0 Å². The first-order valence-corrected chi connectivity index (χ1v) is 9.31. The van der Waals surface area contributed by atoms with Crippen LogP contribution in [0.15, 0.2) is 78.5 Å². The van der Waals surface area contributed by atoms with E-state index in [-0.39, 0.29) is 11.3 Å². The van der Waals surface area contributed by atoms with Gasteiger partial charge in [-0.3, -0.25) is 9.59 Å². The summed E-state index contributed by atoms with van der Waals surface area (Å²) < 4.78 is 13.4. The Labute approximate surface area is 172 Å². The topological polar surface area (TPSA) is 49.4 Å². The minimum atomic E-state index is -0.502. The van der Waals surface area contributed by atoms with Crippen LogP contribution in [0.1, 0.15) is 11.1 Å². The van der Waals surface area contributed by atoms with Crippen LogP contribution in [-0.4, -0.2) is 11.8 Å². The van der Waals surface area contributed by atoms with Gasteiger partial charge in [-0.05, 0) is 54.4 Å². The van der Waals surface area contributed by atoms with Crippen molar-refractivity contribution in [3.05, 3.63) is 100 Å². The lowest BCUT2D eigenvalue weighted by Gasteiger charge is -2.16. The fraction of sp³-hybridized carbons (Fsp3) is 0.0435. The summed E-state index contributed by atoms with van der Waals surface area (Å²) in [6, 6.07) is 19.5. The van der Waals surface area contributed by atoms with Crippen LogP contribution >= 0.6 is 11.6 Å². The molecule has 0 unspecified atom stereocenters. The highest BCUT2D eigenvalue weighted by molar-refractivity contribution is 6.46. The third-order valence-electron chi connectivity index (χ3n) is 4.67. The molecule has 0 spiro atoms. The van der Waals surface area contributed by atoms with E-state index < -0.39 is 17.6 Å². The van der Waals surface area contributed by atoms with Gasteiger partial charge in [0.2, 0.25) is 0 Å². The minimum absolute atomic E-state index is 0.129. The van der Waals surface area contributed by atoms with E-state index in [9.17, 15) is 14.0 Å². The molecule has 0 bridgehead atoms. The summed E-state index contributed by atoms with van der Waals surface area (Å²) in [5.41, 5.74) is 2.62. The van der Waals surface area contributed by atoms with Gasteiger partial charge in [0.1, 0.15) is 11.5 Å². The number of halogens is 2. The van der Waals surface area contributed by atoms with Crippen molar-refractivity contribution >= 4 is 40.4 Å². The van der Waals surface area contributed by atoms with Gasteiger partial charge in [0.05, 0.1) is 11.3 Å². The zero-order valence-corrected chi connectivity index (χ0v) is 16.2. The average molecular weight is 407 g/mol. The molecule has 144 valence electrons. The molecule has 0 aromatic heterocycles. The third-order valence-corrected chi connectivity index (χ3v) is 5.08. The first kappa shape index (κ1) is 18.9. The fourth-order valence-corrected chi connectivity index (χ4v) is 3.33. The minimum Gasteiger partial charge on any atom is -0.350 e. The molecule has 4 rings (SSSR count). The Hall–Kier alpha value is -3.44. The van der Waals surface area contributed by atoms with Crippen LogP contribution in [0.2, 0.25) is 5.02 Å². The second-order valence-electron chi connectivity index (χ2n) is 6.63. The zero-order valence-electron chi connectivity index (χ0n) is 15.4. The van der Waals surface area contributed by atoms with Gasteiger partial charge in [0.15, 0.2) is 0 Å². The van der Waals surface area contributed by atoms with Crippen molar-refractivity contribution in [3.63, 3.8) is 0 Å². The van der Waals surface area contributed by atoms with Gasteiger partial charge < -0.3 is 5.32 Å². The highest BCUT2D eigenvalue weighted by Gasteiger charge is 2.40. The largest absolute Gasteiger partial charge is 0.350 e. The molecular weight excluding hydrogens is 391 g/mol. The van der Waals surface area contributed by atoms with Crippen LogP contribution in [0.4, 0.5) is 15.8 Å². The second kappa shape index (κ2) is 7.53. The van der Waals surface area contributed by atoms with Crippen LogP contribution < -0.4 is 10.2 Å². The maximum absolute atomic E-state index is 13.4. The van der Waals surface area contributed by atoms with E-state index in [2.05, 4.69) is 5.32 Å². The molecule has 1 N–H and O–H groups in total. The lowest BCUT2D eigenvalue weighted by atomic mass is 10.0. The van der Waals surface area contributed by atoms with Crippen LogP contribution in [0, 0.1) is 12.7 Å². The molecule has 0 aliphatic carbocycles. The Morgan fingerprint density at radius 2 is 1.59 bits per heavy atom. The molecular formula is C23H16ClFN2O2. The molecule has 1 heterocycles. The fourth-order valence-electron chi connectivity index (χ4n) is 3.15. The van der Waals surface area contributed by atoms with Crippen LogP contribution in [0.5, 0.6) is 0 Å². The molecule has 0 atom stereocenters. The molecule has 4 nitrogen and oxygen atoms in total. The highest BCUT2D eigenvalue weighted by Crippen LogP contribution is 2.35. The lowest BCUT2D eigenvalue weighted by Crippen LogP contribution is -2.32. The number of aryl methyl sites for hydroxylation is 1. The highest BCUT2D eigenvalue weighted by atomic mass is 35.5. The molecule has 0 saturated carbocycles. The Bertz CT molecular complexity index is 1140. The van der Waals surface area contributed by atoms with Crippen molar-refractivity contribution in [3.8, 4) is 0 Å². The monoisotopic (exact) mass is 406 g/mol.